The van der Waals surface area contributed by atoms with E-state index in [-0.39, 0.29) is 11.2 Å². The minimum absolute atomic E-state index is 0.0688. The van der Waals surface area contributed by atoms with Crippen molar-refractivity contribution in [3.63, 3.8) is 0 Å². The van der Waals surface area contributed by atoms with Gasteiger partial charge in [0.25, 0.3) is 6.29 Å². The fourth-order valence-corrected chi connectivity index (χ4v) is 1.47. The third kappa shape index (κ3) is 1.95. The molecule has 1 unspecified atom stereocenters. The number of rotatable bonds is 2. The lowest BCUT2D eigenvalue weighted by Crippen LogP contribution is -2.22. The van der Waals surface area contributed by atoms with Crippen molar-refractivity contribution in [2.45, 2.75) is 27.1 Å². The second-order valence-electron chi connectivity index (χ2n) is 3.83. The molecule has 17 heavy (non-hydrogen) atoms. The molecule has 1 aliphatic heterocycles. The fourth-order valence-electron chi connectivity index (χ4n) is 1.47. The van der Waals surface area contributed by atoms with Crippen LogP contribution in [0.25, 0.3) is 0 Å². The molecule has 0 radical (unpaired) electrons. The third-order valence-corrected chi connectivity index (χ3v) is 2.70. The van der Waals surface area contributed by atoms with Crippen LogP contribution in [0.4, 0.5) is 0 Å². The maximum atomic E-state index is 11.6. The van der Waals surface area contributed by atoms with Crippen molar-refractivity contribution in [2.24, 2.45) is 0 Å². The number of ether oxygens (including phenoxy) is 2. The molecule has 1 aliphatic rings. The molecular weight excluding hydrogens is 224 g/mol. The number of aryl methyl sites for hydroxylation is 1. The topological polar surface area (TPSA) is 65.7 Å². The van der Waals surface area contributed by atoms with Gasteiger partial charge >= 0.3 is 5.97 Å². The predicted octanol–water partition coefficient (Wildman–Crippen LogP) is 1.55. The number of esters is 1. The Labute approximate surface area is 97.6 Å². The molecule has 1 atom stereocenters. The Morgan fingerprint density at radius 1 is 1.24 bits per heavy atom. The van der Waals surface area contributed by atoms with Crippen LogP contribution in [0.2, 0.25) is 0 Å². The molecule has 1 aromatic rings. The SMILES string of the molecule is CC1=C(C)C(Oc2c(C)occc2=O)OC1=O. The van der Waals surface area contributed by atoms with E-state index in [0.717, 1.165) is 0 Å². The van der Waals surface area contributed by atoms with Crippen LogP contribution < -0.4 is 10.2 Å². The van der Waals surface area contributed by atoms with Gasteiger partial charge in [0.15, 0.2) is 0 Å². The molecule has 1 aromatic heterocycles. The van der Waals surface area contributed by atoms with Crippen LogP contribution >= 0.6 is 0 Å². The third-order valence-electron chi connectivity index (χ3n) is 2.70. The molecule has 0 aromatic carbocycles. The summed E-state index contributed by atoms with van der Waals surface area (Å²) in [4.78, 5) is 22.8. The summed E-state index contributed by atoms with van der Waals surface area (Å²) in [5, 5.41) is 0. The second-order valence-corrected chi connectivity index (χ2v) is 3.83. The van der Waals surface area contributed by atoms with E-state index in [1.807, 2.05) is 0 Å². The van der Waals surface area contributed by atoms with Gasteiger partial charge in [0.1, 0.15) is 5.76 Å². The first-order valence-corrected chi connectivity index (χ1v) is 5.14. The lowest BCUT2D eigenvalue weighted by atomic mass is 10.2. The molecule has 2 rings (SSSR count). The Hall–Kier alpha value is -2.04. The number of carbonyl (C=O) groups excluding carboxylic acids is 1. The van der Waals surface area contributed by atoms with Gasteiger partial charge in [0.05, 0.1) is 6.26 Å². The second kappa shape index (κ2) is 4.08. The Bertz CT molecular complexity index is 552. The van der Waals surface area contributed by atoms with Crippen LogP contribution in [-0.4, -0.2) is 12.3 Å². The highest BCUT2D eigenvalue weighted by Crippen LogP contribution is 2.24. The zero-order valence-corrected chi connectivity index (χ0v) is 9.77. The molecule has 0 spiro atoms. The van der Waals surface area contributed by atoms with Crippen molar-refractivity contribution >= 4 is 5.97 Å². The first-order valence-electron chi connectivity index (χ1n) is 5.14. The van der Waals surface area contributed by atoms with Gasteiger partial charge in [-0.15, -0.1) is 0 Å². The van der Waals surface area contributed by atoms with Crippen LogP contribution in [0.5, 0.6) is 5.75 Å². The lowest BCUT2D eigenvalue weighted by Gasteiger charge is -2.14. The zero-order chi connectivity index (χ0) is 12.6. The molecule has 90 valence electrons. The first-order chi connectivity index (χ1) is 8.00. The zero-order valence-electron chi connectivity index (χ0n) is 9.77. The largest absolute Gasteiger partial charge is 0.465 e. The van der Waals surface area contributed by atoms with Gasteiger partial charge in [-0.3, -0.25) is 4.79 Å². The molecule has 2 heterocycles. The summed E-state index contributed by atoms with van der Waals surface area (Å²) in [6, 6.07) is 1.25. The number of cyclic esters (lactones) is 1. The van der Waals surface area contributed by atoms with E-state index in [1.165, 1.54) is 12.3 Å². The average Bonchev–Trinajstić information content (AvgIpc) is 2.52. The Balaban J connectivity index is 2.30. The average molecular weight is 236 g/mol. The number of hydrogen-bond acceptors (Lipinski definition) is 5. The van der Waals surface area contributed by atoms with E-state index < -0.39 is 12.3 Å². The molecule has 5 nitrogen and oxygen atoms in total. The Kier molecular flexibility index (Phi) is 2.75. The smallest absolute Gasteiger partial charge is 0.337 e. The molecule has 0 aliphatic carbocycles. The molecule has 0 saturated heterocycles. The Morgan fingerprint density at radius 3 is 2.47 bits per heavy atom. The van der Waals surface area contributed by atoms with Gasteiger partial charge in [0.2, 0.25) is 11.2 Å². The van der Waals surface area contributed by atoms with Gasteiger partial charge in [-0.25, -0.2) is 4.79 Å². The lowest BCUT2D eigenvalue weighted by molar-refractivity contribution is -0.149. The van der Waals surface area contributed by atoms with E-state index >= 15 is 0 Å². The monoisotopic (exact) mass is 236 g/mol. The van der Waals surface area contributed by atoms with Crippen LogP contribution in [0.15, 0.2) is 32.7 Å². The number of hydrogen-bond donors (Lipinski definition) is 0. The molecule has 0 amide bonds. The highest BCUT2D eigenvalue weighted by molar-refractivity contribution is 5.91. The maximum absolute atomic E-state index is 11.6. The van der Waals surface area contributed by atoms with Crippen molar-refractivity contribution in [2.75, 3.05) is 0 Å². The van der Waals surface area contributed by atoms with Crippen LogP contribution in [0.1, 0.15) is 19.6 Å². The van der Waals surface area contributed by atoms with Gasteiger partial charge in [-0.1, -0.05) is 0 Å². The standard InChI is InChI=1S/C12H12O5/c1-6-7(2)12(17-11(6)14)16-10-8(3)15-5-4-9(10)13/h4-5,12H,1-3H3. The first kappa shape index (κ1) is 11.4. The van der Waals surface area contributed by atoms with Crippen molar-refractivity contribution < 1.29 is 18.7 Å². The van der Waals surface area contributed by atoms with Crippen molar-refractivity contribution in [1.82, 2.24) is 0 Å². The summed E-state index contributed by atoms with van der Waals surface area (Å²) in [6.45, 7) is 4.99. The van der Waals surface area contributed by atoms with E-state index in [2.05, 4.69) is 0 Å². The quantitative estimate of drug-likeness (QED) is 0.729. The van der Waals surface area contributed by atoms with Gasteiger partial charge in [0, 0.05) is 17.2 Å². The maximum Gasteiger partial charge on any atom is 0.337 e. The summed E-state index contributed by atoms with van der Waals surface area (Å²) in [7, 11) is 0. The highest BCUT2D eigenvalue weighted by atomic mass is 16.7. The summed E-state index contributed by atoms with van der Waals surface area (Å²) >= 11 is 0. The summed E-state index contributed by atoms with van der Waals surface area (Å²) in [5.74, 6) is -0.00396. The van der Waals surface area contributed by atoms with E-state index in [4.69, 9.17) is 13.9 Å². The highest BCUT2D eigenvalue weighted by Gasteiger charge is 2.31. The summed E-state index contributed by atoms with van der Waals surface area (Å²) < 4.78 is 15.4. The van der Waals surface area contributed by atoms with Crippen molar-refractivity contribution in [3.05, 3.63) is 39.5 Å². The minimum atomic E-state index is -0.841. The van der Waals surface area contributed by atoms with E-state index in [0.29, 0.717) is 16.9 Å². The van der Waals surface area contributed by atoms with Crippen LogP contribution in [0, 0.1) is 6.92 Å². The van der Waals surface area contributed by atoms with Crippen LogP contribution in [0.3, 0.4) is 0 Å². The van der Waals surface area contributed by atoms with Crippen molar-refractivity contribution in [3.8, 4) is 5.75 Å². The van der Waals surface area contributed by atoms with Crippen LogP contribution in [-0.2, 0) is 9.53 Å². The number of carbonyl (C=O) groups is 1. The molecular formula is C12H12O5. The Morgan fingerprint density at radius 2 is 1.94 bits per heavy atom. The van der Waals surface area contributed by atoms with Gasteiger partial charge in [-0.2, -0.15) is 0 Å². The molecule has 0 bridgehead atoms. The normalized spacial score (nSPS) is 19.5. The van der Waals surface area contributed by atoms with E-state index in [1.54, 1.807) is 20.8 Å². The van der Waals surface area contributed by atoms with Crippen molar-refractivity contribution in [1.29, 1.82) is 0 Å². The molecule has 5 heteroatoms. The molecule has 0 N–H and O–H groups in total. The predicted molar refractivity (Wildman–Crippen MR) is 58.6 cm³/mol. The summed E-state index contributed by atoms with van der Waals surface area (Å²) in [5.41, 5.74) is 0.868. The minimum Gasteiger partial charge on any atom is -0.465 e. The summed E-state index contributed by atoms with van der Waals surface area (Å²) in [6.07, 6.45) is 0.450. The molecule has 0 saturated carbocycles. The molecule has 0 fully saturated rings. The van der Waals surface area contributed by atoms with E-state index in [9.17, 15) is 9.59 Å². The van der Waals surface area contributed by atoms with Gasteiger partial charge < -0.3 is 13.9 Å². The fraction of sp³-hybridized carbons (Fsp3) is 0.333. The van der Waals surface area contributed by atoms with Gasteiger partial charge in [-0.05, 0) is 20.8 Å².